The van der Waals surface area contributed by atoms with Crippen LogP contribution in [0.3, 0.4) is 0 Å². The van der Waals surface area contributed by atoms with Crippen molar-refractivity contribution < 1.29 is 0 Å². The number of aromatic nitrogens is 1. The minimum absolute atomic E-state index is 0.774. The van der Waals surface area contributed by atoms with Gasteiger partial charge < -0.3 is 5.73 Å². The van der Waals surface area contributed by atoms with E-state index in [2.05, 4.69) is 41.0 Å². The van der Waals surface area contributed by atoms with Crippen molar-refractivity contribution >= 4 is 27.5 Å². The number of fused-ring (bicyclic) bond motifs is 3. The van der Waals surface area contributed by atoms with Gasteiger partial charge in [-0.3, -0.25) is 4.57 Å². The Balaban J connectivity index is 2.27. The third kappa shape index (κ3) is 1.41. The van der Waals surface area contributed by atoms with Crippen LogP contribution in [0.15, 0.2) is 60.7 Å². The molecule has 0 unspecified atom stereocenters. The SMILES string of the molecule is Nc1cccc2c3ccc#cc3n(-c3ccccc3)c12. The number of hydrogen-bond acceptors (Lipinski definition) is 1. The lowest BCUT2D eigenvalue weighted by molar-refractivity contribution is 1.18. The molecule has 2 heteroatoms. The smallest absolute Gasteiger partial charge is 0.105 e. The Kier molecular flexibility index (Phi) is 2.21. The van der Waals surface area contributed by atoms with Crippen LogP contribution in [0.5, 0.6) is 0 Å². The number of nitrogen functional groups attached to an aromatic ring is 1. The first-order chi connectivity index (χ1) is 9.86. The molecule has 2 nitrogen and oxygen atoms in total. The summed E-state index contributed by atoms with van der Waals surface area (Å²) in [7, 11) is 0. The van der Waals surface area contributed by atoms with Gasteiger partial charge in [-0.05, 0) is 36.4 Å². The Morgan fingerprint density at radius 3 is 2.55 bits per heavy atom. The lowest BCUT2D eigenvalue weighted by atomic mass is 10.1. The van der Waals surface area contributed by atoms with Crippen LogP contribution < -0.4 is 5.73 Å². The maximum atomic E-state index is 6.21. The number of nitrogens with two attached hydrogens (primary N) is 1. The summed E-state index contributed by atoms with van der Waals surface area (Å²) in [6.07, 6.45) is 0. The van der Waals surface area contributed by atoms with Crippen LogP contribution in [-0.2, 0) is 0 Å². The fourth-order valence-corrected chi connectivity index (χ4v) is 2.75. The Morgan fingerprint density at radius 2 is 1.70 bits per heavy atom. The summed E-state index contributed by atoms with van der Waals surface area (Å²) in [5.41, 5.74) is 10.1. The number of hydrogen-bond donors (Lipinski definition) is 1. The largest absolute Gasteiger partial charge is 0.397 e. The van der Waals surface area contributed by atoms with Crippen molar-refractivity contribution in [2.45, 2.75) is 0 Å². The van der Waals surface area contributed by atoms with E-state index in [1.807, 2.05) is 36.4 Å². The average Bonchev–Trinajstić information content (AvgIpc) is 2.84. The second-order valence-electron chi connectivity index (χ2n) is 4.78. The van der Waals surface area contributed by atoms with Gasteiger partial charge in [-0.25, -0.2) is 0 Å². The molecule has 3 aromatic carbocycles. The minimum Gasteiger partial charge on any atom is -0.397 e. The average molecular weight is 256 g/mol. The second-order valence-corrected chi connectivity index (χ2v) is 4.78. The standard InChI is InChI=1S/C18H12N2/c19-16-11-6-10-15-14-9-4-5-12-17(14)20(18(15)16)13-7-2-1-3-8-13/h1-4,6-11H,19H2. The van der Waals surface area contributed by atoms with E-state index in [1.54, 1.807) is 0 Å². The summed E-state index contributed by atoms with van der Waals surface area (Å²) in [6, 6.07) is 26.4. The molecule has 1 heterocycles. The Labute approximate surface area is 117 Å². The van der Waals surface area contributed by atoms with Crippen LogP contribution in [0.1, 0.15) is 0 Å². The molecule has 0 amide bonds. The predicted octanol–water partition coefficient (Wildman–Crippen LogP) is 3.97. The quantitative estimate of drug-likeness (QED) is 0.513. The molecule has 0 saturated heterocycles. The van der Waals surface area contributed by atoms with Gasteiger partial charge in [0, 0.05) is 16.5 Å². The predicted molar refractivity (Wildman–Crippen MR) is 82.9 cm³/mol. The summed E-state index contributed by atoms with van der Waals surface area (Å²) < 4.78 is 2.15. The van der Waals surface area contributed by atoms with Gasteiger partial charge in [0.1, 0.15) is 5.52 Å². The fourth-order valence-electron chi connectivity index (χ4n) is 2.75. The minimum atomic E-state index is 0.774. The molecule has 4 aromatic rings. The molecular weight excluding hydrogens is 244 g/mol. The molecule has 2 N–H and O–H groups in total. The molecule has 1 aromatic heterocycles. The normalized spacial score (nSPS) is 10.8. The molecule has 0 aliphatic heterocycles. The Morgan fingerprint density at radius 1 is 0.850 bits per heavy atom. The highest BCUT2D eigenvalue weighted by atomic mass is 15.0. The molecule has 0 radical (unpaired) electrons. The maximum absolute atomic E-state index is 6.21. The van der Waals surface area contributed by atoms with Crippen LogP contribution in [-0.4, -0.2) is 4.57 Å². The zero-order chi connectivity index (χ0) is 13.5. The monoisotopic (exact) mass is 256 g/mol. The molecule has 94 valence electrons. The molecular formula is C18H12N2. The van der Waals surface area contributed by atoms with Gasteiger partial charge in [-0.1, -0.05) is 36.4 Å². The molecule has 0 saturated carbocycles. The molecule has 0 spiro atoms. The highest BCUT2D eigenvalue weighted by Gasteiger charge is 2.13. The summed E-state index contributed by atoms with van der Waals surface area (Å²) in [5, 5.41) is 2.30. The van der Waals surface area contributed by atoms with Crippen molar-refractivity contribution in [1.82, 2.24) is 4.57 Å². The summed E-state index contributed by atoms with van der Waals surface area (Å²) in [5.74, 6) is 0. The zero-order valence-corrected chi connectivity index (χ0v) is 10.8. The molecule has 20 heavy (non-hydrogen) atoms. The number of para-hydroxylation sites is 2. The zero-order valence-electron chi connectivity index (χ0n) is 10.8. The van der Waals surface area contributed by atoms with Crippen LogP contribution in [0.2, 0.25) is 0 Å². The topological polar surface area (TPSA) is 30.9 Å². The lowest BCUT2D eigenvalue weighted by Gasteiger charge is -2.07. The van der Waals surface area contributed by atoms with Gasteiger partial charge in [-0.2, -0.15) is 0 Å². The summed E-state index contributed by atoms with van der Waals surface area (Å²) in [4.78, 5) is 0. The Bertz CT molecular complexity index is 905. The van der Waals surface area contributed by atoms with E-state index in [9.17, 15) is 0 Å². The van der Waals surface area contributed by atoms with Crippen molar-refractivity contribution in [2.24, 2.45) is 0 Å². The van der Waals surface area contributed by atoms with E-state index in [0.717, 1.165) is 33.2 Å². The summed E-state index contributed by atoms with van der Waals surface area (Å²) >= 11 is 0. The highest BCUT2D eigenvalue weighted by Crippen LogP contribution is 2.33. The van der Waals surface area contributed by atoms with E-state index in [-0.39, 0.29) is 0 Å². The maximum Gasteiger partial charge on any atom is 0.105 e. The first-order valence-corrected chi connectivity index (χ1v) is 6.52. The second kappa shape index (κ2) is 4.04. The summed E-state index contributed by atoms with van der Waals surface area (Å²) in [6.45, 7) is 0. The number of benzene rings is 2. The van der Waals surface area contributed by atoms with Gasteiger partial charge in [0.2, 0.25) is 0 Å². The molecule has 0 aliphatic carbocycles. The van der Waals surface area contributed by atoms with E-state index >= 15 is 0 Å². The van der Waals surface area contributed by atoms with Crippen molar-refractivity contribution in [3.05, 3.63) is 72.8 Å². The van der Waals surface area contributed by atoms with E-state index < -0.39 is 0 Å². The molecule has 0 aliphatic rings. The van der Waals surface area contributed by atoms with E-state index in [0.29, 0.717) is 0 Å². The van der Waals surface area contributed by atoms with Gasteiger partial charge in [0.15, 0.2) is 0 Å². The van der Waals surface area contributed by atoms with Crippen molar-refractivity contribution in [1.29, 1.82) is 0 Å². The van der Waals surface area contributed by atoms with Crippen LogP contribution in [0, 0.1) is 12.1 Å². The van der Waals surface area contributed by atoms with E-state index in [1.165, 1.54) is 0 Å². The fraction of sp³-hybridized carbons (Fsp3) is 0. The lowest BCUT2D eigenvalue weighted by Crippen LogP contribution is -1.96. The number of anilines is 1. The van der Waals surface area contributed by atoms with Gasteiger partial charge in [0.05, 0.1) is 11.2 Å². The first kappa shape index (κ1) is 11.0. The molecule has 0 fully saturated rings. The molecule has 0 bridgehead atoms. The van der Waals surface area contributed by atoms with Gasteiger partial charge in [0.25, 0.3) is 0 Å². The molecule has 0 atom stereocenters. The van der Waals surface area contributed by atoms with Crippen LogP contribution in [0.25, 0.3) is 27.5 Å². The van der Waals surface area contributed by atoms with Crippen LogP contribution in [0.4, 0.5) is 5.69 Å². The first-order valence-electron chi connectivity index (χ1n) is 6.52. The number of rotatable bonds is 1. The van der Waals surface area contributed by atoms with Gasteiger partial charge >= 0.3 is 0 Å². The molecule has 4 rings (SSSR count). The van der Waals surface area contributed by atoms with Crippen LogP contribution >= 0.6 is 0 Å². The third-order valence-electron chi connectivity index (χ3n) is 3.60. The van der Waals surface area contributed by atoms with Crippen molar-refractivity contribution in [3.8, 4) is 5.69 Å². The third-order valence-corrected chi connectivity index (χ3v) is 3.60. The van der Waals surface area contributed by atoms with Crippen molar-refractivity contribution in [2.75, 3.05) is 5.73 Å². The number of nitrogens with zero attached hydrogens (tertiary/aromatic N) is 1. The van der Waals surface area contributed by atoms with Gasteiger partial charge in [-0.15, -0.1) is 0 Å². The highest BCUT2D eigenvalue weighted by molar-refractivity contribution is 6.12. The van der Waals surface area contributed by atoms with Crippen molar-refractivity contribution in [3.63, 3.8) is 0 Å². The van der Waals surface area contributed by atoms with E-state index in [4.69, 9.17) is 5.73 Å². The Hall–Kier alpha value is -2.92.